The zero-order valence-electron chi connectivity index (χ0n) is 15.8. The second-order valence-electron chi connectivity index (χ2n) is 7.02. The van der Waals surface area contributed by atoms with E-state index in [0.717, 1.165) is 12.0 Å². The molecule has 0 saturated carbocycles. The maximum atomic E-state index is 12.4. The SMILES string of the molecule is Cc1ncc(COC(=O)C(C)c2ccc(CC(C)C)cc2)c(CO)c1O. The molecule has 5 heteroatoms. The Morgan fingerprint density at radius 3 is 2.42 bits per heavy atom. The average molecular weight is 357 g/mol. The molecule has 1 aromatic carbocycles. The summed E-state index contributed by atoms with van der Waals surface area (Å²) in [7, 11) is 0. The third kappa shape index (κ3) is 4.82. The maximum Gasteiger partial charge on any atom is 0.313 e. The lowest BCUT2D eigenvalue weighted by molar-refractivity contribution is -0.146. The number of esters is 1. The van der Waals surface area contributed by atoms with Gasteiger partial charge in [-0.25, -0.2) is 0 Å². The van der Waals surface area contributed by atoms with Gasteiger partial charge >= 0.3 is 5.97 Å². The summed E-state index contributed by atoms with van der Waals surface area (Å²) in [6.45, 7) is 7.42. The normalized spacial score (nSPS) is 12.2. The number of aliphatic hydroxyl groups excluding tert-OH is 1. The lowest BCUT2D eigenvalue weighted by Crippen LogP contribution is -2.14. The van der Waals surface area contributed by atoms with Gasteiger partial charge in [-0.15, -0.1) is 0 Å². The van der Waals surface area contributed by atoms with E-state index in [-0.39, 0.29) is 24.9 Å². The second kappa shape index (κ2) is 8.81. The highest BCUT2D eigenvalue weighted by Crippen LogP contribution is 2.25. The van der Waals surface area contributed by atoms with Crippen LogP contribution in [0.4, 0.5) is 0 Å². The third-order valence-electron chi connectivity index (χ3n) is 4.44. The molecule has 0 bridgehead atoms. The fourth-order valence-corrected chi connectivity index (χ4v) is 2.81. The molecule has 1 unspecified atom stereocenters. The van der Waals surface area contributed by atoms with Crippen molar-refractivity contribution >= 4 is 5.97 Å². The van der Waals surface area contributed by atoms with E-state index in [1.54, 1.807) is 13.8 Å². The third-order valence-corrected chi connectivity index (χ3v) is 4.44. The van der Waals surface area contributed by atoms with Crippen molar-refractivity contribution in [2.75, 3.05) is 0 Å². The van der Waals surface area contributed by atoms with Gasteiger partial charge in [-0.2, -0.15) is 0 Å². The monoisotopic (exact) mass is 357 g/mol. The number of benzene rings is 1. The summed E-state index contributed by atoms with van der Waals surface area (Å²) in [4.78, 5) is 16.4. The number of aromatic hydroxyl groups is 1. The number of hydrogen-bond donors (Lipinski definition) is 2. The molecular formula is C21H27NO4. The fourth-order valence-electron chi connectivity index (χ4n) is 2.81. The second-order valence-corrected chi connectivity index (χ2v) is 7.02. The Balaban J connectivity index is 2.02. The molecule has 26 heavy (non-hydrogen) atoms. The minimum Gasteiger partial charge on any atom is -0.506 e. The van der Waals surface area contributed by atoms with Gasteiger partial charge in [0.1, 0.15) is 12.4 Å². The Kier molecular flexibility index (Phi) is 6.75. The molecule has 1 aromatic heterocycles. The van der Waals surface area contributed by atoms with Gasteiger partial charge in [0.15, 0.2) is 0 Å². The summed E-state index contributed by atoms with van der Waals surface area (Å²) in [5.41, 5.74) is 3.42. The van der Waals surface area contributed by atoms with Crippen LogP contribution in [0.15, 0.2) is 30.5 Å². The number of nitrogens with zero attached hydrogens (tertiary/aromatic N) is 1. The van der Waals surface area contributed by atoms with E-state index >= 15 is 0 Å². The summed E-state index contributed by atoms with van der Waals surface area (Å²) in [5, 5.41) is 19.4. The van der Waals surface area contributed by atoms with Crippen molar-refractivity contribution in [3.05, 3.63) is 58.4 Å². The number of carbonyl (C=O) groups is 1. The molecule has 0 radical (unpaired) electrons. The maximum absolute atomic E-state index is 12.4. The van der Waals surface area contributed by atoms with E-state index in [9.17, 15) is 15.0 Å². The van der Waals surface area contributed by atoms with E-state index in [1.165, 1.54) is 11.8 Å². The number of carbonyl (C=O) groups excluding carboxylic acids is 1. The Morgan fingerprint density at radius 2 is 1.85 bits per heavy atom. The van der Waals surface area contributed by atoms with Crippen molar-refractivity contribution < 1.29 is 19.7 Å². The molecule has 1 heterocycles. The Morgan fingerprint density at radius 1 is 1.19 bits per heavy atom. The first kappa shape index (κ1) is 19.9. The molecule has 0 fully saturated rings. The van der Waals surface area contributed by atoms with Crippen LogP contribution in [0.1, 0.15) is 54.6 Å². The van der Waals surface area contributed by atoms with Gasteiger partial charge in [0.05, 0.1) is 18.2 Å². The van der Waals surface area contributed by atoms with Crippen molar-refractivity contribution in [2.24, 2.45) is 5.92 Å². The first-order valence-corrected chi connectivity index (χ1v) is 8.86. The standard InChI is InChI=1S/C21H27NO4/c1-13(2)9-16-5-7-17(8-6-16)14(3)21(25)26-12-18-10-22-15(4)20(24)19(18)11-23/h5-8,10,13-14,23-24H,9,11-12H2,1-4H3. The first-order valence-electron chi connectivity index (χ1n) is 8.86. The summed E-state index contributed by atoms with van der Waals surface area (Å²) >= 11 is 0. The number of aliphatic hydroxyl groups is 1. The van der Waals surface area contributed by atoms with Crippen LogP contribution < -0.4 is 0 Å². The van der Waals surface area contributed by atoms with Gasteiger partial charge < -0.3 is 14.9 Å². The molecule has 0 aliphatic carbocycles. The van der Waals surface area contributed by atoms with Crippen molar-refractivity contribution in [3.8, 4) is 5.75 Å². The summed E-state index contributed by atoms with van der Waals surface area (Å²) in [6.07, 6.45) is 2.52. The molecule has 0 saturated heterocycles. The van der Waals surface area contributed by atoms with Crippen LogP contribution in [0.3, 0.4) is 0 Å². The van der Waals surface area contributed by atoms with Gasteiger partial charge in [-0.05, 0) is 37.3 Å². The van der Waals surface area contributed by atoms with Crippen LogP contribution in [0.5, 0.6) is 5.75 Å². The molecule has 0 spiro atoms. The number of hydrogen-bond acceptors (Lipinski definition) is 5. The molecule has 0 aliphatic heterocycles. The number of pyridine rings is 1. The summed E-state index contributed by atoms with van der Waals surface area (Å²) in [6, 6.07) is 8.01. The van der Waals surface area contributed by atoms with Crippen molar-refractivity contribution in [3.63, 3.8) is 0 Å². The molecule has 0 aliphatic rings. The Labute approximate surface area is 154 Å². The molecule has 1 atom stereocenters. The number of rotatable bonds is 7. The quantitative estimate of drug-likeness (QED) is 0.740. The van der Waals surface area contributed by atoms with E-state index < -0.39 is 5.92 Å². The predicted molar refractivity (Wildman–Crippen MR) is 99.8 cm³/mol. The van der Waals surface area contributed by atoms with Crippen LogP contribution in [0.25, 0.3) is 0 Å². The minimum absolute atomic E-state index is 0.0364. The predicted octanol–water partition coefficient (Wildman–Crippen LogP) is 3.63. The number of ether oxygens (including phenoxy) is 1. The topological polar surface area (TPSA) is 79.7 Å². The molecule has 5 nitrogen and oxygen atoms in total. The molecule has 2 rings (SSSR count). The van der Waals surface area contributed by atoms with Crippen LogP contribution >= 0.6 is 0 Å². The van der Waals surface area contributed by atoms with E-state index in [4.69, 9.17) is 4.74 Å². The molecule has 0 amide bonds. The van der Waals surface area contributed by atoms with Crippen molar-refractivity contribution in [1.82, 2.24) is 4.98 Å². The largest absolute Gasteiger partial charge is 0.506 e. The smallest absolute Gasteiger partial charge is 0.313 e. The molecule has 2 N–H and O–H groups in total. The van der Waals surface area contributed by atoms with Crippen LogP contribution in [0.2, 0.25) is 0 Å². The van der Waals surface area contributed by atoms with Gasteiger partial charge in [-0.3, -0.25) is 9.78 Å². The molecule has 140 valence electrons. The number of aromatic nitrogens is 1. The Bertz CT molecular complexity index is 753. The zero-order chi connectivity index (χ0) is 19.3. The van der Waals surface area contributed by atoms with E-state index in [0.29, 0.717) is 22.7 Å². The lowest BCUT2D eigenvalue weighted by atomic mass is 9.97. The van der Waals surface area contributed by atoms with Gasteiger partial charge in [-0.1, -0.05) is 38.1 Å². The van der Waals surface area contributed by atoms with E-state index in [2.05, 4.69) is 18.8 Å². The summed E-state index contributed by atoms with van der Waals surface area (Å²) < 4.78 is 5.38. The Hall–Kier alpha value is -2.40. The number of aryl methyl sites for hydroxylation is 1. The van der Waals surface area contributed by atoms with Gasteiger partial charge in [0.2, 0.25) is 0 Å². The molecular weight excluding hydrogens is 330 g/mol. The first-order chi connectivity index (χ1) is 12.3. The van der Waals surface area contributed by atoms with Crippen LogP contribution in [0, 0.1) is 12.8 Å². The van der Waals surface area contributed by atoms with Gasteiger partial charge in [0, 0.05) is 17.3 Å². The highest BCUT2D eigenvalue weighted by atomic mass is 16.5. The van der Waals surface area contributed by atoms with Crippen molar-refractivity contribution in [2.45, 2.75) is 53.2 Å². The van der Waals surface area contributed by atoms with Crippen LogP contribution in [-0.2, 0) is 29.2 Å². The lowest BCUT2D eigenvalue weighted by Gasteiger charge is -2.15. The zero-order valence-corrected chi connectivity index (χ0v) is 15.8. The average Bonchev–Trinajstić information content (AvgIpc) is 2.62. The summed E-state index contributed by atoms with van der Waals surface area (Å²) in [5.74, 6) is -0.225. The fraction of sp³-hybridized carbons (Fsp3) is 0.429. The van der Waals surface area contributed by atoms with E-state index in [1.807, 2.05) is 24.3 Å². The highest BCUT2D eigenvalue weighted by Gasteiger charge is 2.18. The minimum atomic E-state index is -0.396. The molecule has 2 aromatic rings. The van der Waals surface area contributed by atoms with Crippen molar-refractivity contribution in [1.29, 1.82) is 0 Å². The van der Waals surface area contributed by atoms with Crippen LogP contribution in [-0.4, -0.2) is 21.2 Å². The highest BCUT2D eigenvalue weighted by molar-refractivity contribution is 5.77. The van der Waals surface area contributed by atoms with Gasteiger partial charge in [0.25, 0.3) is 0 Å².